The molecule has 0 fully saturated rings. The summed E-state index contributed by atoms with van der Waals surface area (Å²) in [4.78, 5) is 38.7. The predicted octanol–water partition coefficient (Wildman–Crippen LogP) is 1.07. The van der Waals surface area contributed by atoms with Gasteiger partial charge in [0.2, 0.25) is 0 Å². The summed E-state index contributed by atoms with van der Waals surface area (Å²) in [5, 5.41) is 9.12. The van der Waals surface area contributed by atoms with Crippen LogP contribution in [0.25, 0.3) is 10.9 Å². The number of aromatic amines is 1. The summed E-state index contributed by atoms with van der Waals surface area (Å²) in [6.45, 7) is 0.0863. The highest BCUT2D eigenvalue weighted by Crippen LogP contribution is 2.08. The van der Waals surface area contributed by atoms with Crippen molar-refractivity contribution in [2.75, 3.05) is 13.6 Å². The molecule has 1 heterocycles. The molecule has 0 saturated heterocycles. The van der Waals surface area contributed by atoms with Gasteiger partial charge in [0.1, 0.15) is 5.69 Å². The Hall–Kier alpha value is -2.63. The maximum absolute atomic E-state index is 12.1. The lowest BCUT2D eigenvalue weighted by molar-refractivity contribution is -0.137. The summed E-state index contributed by atoms with van der Waals surface area (Å²) >= 11 is 0. The summed E-state index contributed by atoms with van der Waals surface area (Å²) in [5.41, 5.74) is 0.492. The number of hydrogen-bond acceptors (Lipinski definition) is 3. The van der Waals surface area contributed by atoms with Crippen LogP contribution in [-0.2, 0) is 4.79 Å². The molecule has 0 atom stereocenters. The van der Waals surface area contributed by atoms with Gasteiger partial charge in [-0.15, -0.1) is 0 Å². The molecule has 0 saturated carbocycles. The number of carbonyl (C=O) groups is 2. The summed E-state index contributed by atoms with van der Waals surface area (Å²) in [6, 6.07) is 8.14. The number of pyridine rings is 1. The number of fused-ring (bicyclic) bond motifs is 1. The van der Waals surface area contributed by atoms with Crippen LogP contribution in [0.4, 0.5) is 0 Å². The van der Waals surface area contributed by atoms with E-state index in [9.17, 15) is 14.4 Å². The van der Waals surface area contributed by atoms with E-state index in [1.165, 1.54) is 18.0 Å². The van der Waals surface area contributed by atoms with Crippen LogP contribution in [0.5, 0.6) is 0 Å². The smallest absolute Gasteiger partial charge is 0.305 e. The van der Waals surface area contributed by atoms with Gasteiger partial charge in [-0.05, 0) is 12.1 Å². The number of hydrogen-bond donors (Lipinski definition) is 2. The topological polar surface area (TPSA) is 90.5 Å². The molecule has 2 N–H and O–H groups in total. The van der Waals surface area contributed by atoms with Gasteiger partial charge in [-0.1, -0.05) is 12.1 Å². The third kappa shape index (κ3) is 2.85. The lowest BCUT2D eigenvalue weighted by atomic mass is 10.2. The second-order valence-corrected chi connectivity index (χ2v) is 4.46. The fourth-order valence-electron chi connectivity index (χ4n) is 1.88. The van der Waals surface area contributed by atoms with Gasteiger partial charge < -0.3 is 15.0 Å². The quantitative estimate of drug-likeness (QED) is 0.872. The van der Waals surface area contributed by atoms with E-state index in [1.54, 1.807) is 24.3 Å². The van der Waals surface area contributed by atoms with E-state index in [4.69, 9.17) is 5.11 Å². The number of aromatic nitrogens is 1. The molecule has 1 amide bonds. The molecule has 1 aromatic carbocycles. The Bertz CT molecular complexity index is 720. The summed E-state index contributed by atoms with van der Waals surface area (Å²) in [7, 11) is 1.50. The molecule has 104 valence electrons. The predicted molar refractivity (Wildman–Crippen MR) is 73.8 cm³/mol. The van der Waals surface area contributed by atoms with E-state index in [0.29, 0.717) is 10.9 Å². The van der Waals surface area contributed by atoms with Gasteiger partial charge in [0, 0.05) is 30.6 Å². The molecule has 2 aromatic rings. The zero-order valence-corrected chi connectivity index (χ0v) is 10.9. The molecule has 0 aliphatic rings. The SMILES string of the molecule is CN(CCC(=O)O)C(=O)c1cc(=O)c2ccccc2[nH]1. The van der Waals surface area contributed by atoms with Gasteiger partial charge in [0.25, 0.3) is 5.91 Å². The molecule has 0 spiro atoms. The molecule has 6 heteroatoms. The van der Waals surface area contributed by atoms with Gasteiger partial charge in [-0.25, -0.2) is 0 Å². The van der Waals surface area contributed by atoms with Crippen molar-refractivity contribution in [1.82, 2.24) is 9.88 Å². The second-order valence-electron chi connectivity index (χ2n) is 4.46. The number of rotatable bonds is 4. The monoisotopic (exact) mass is 274 g/mol. The molecule has 20 heavy (non-hydrogen) atoms. The Balaban J connectivity index is 2.31. The minimum absolute atomic E-state index is 0.0863. The van der Waals surface area contributed by atoms with Gasteiger partial charge in [0.15, 0.2) is 5.43 Å². The first-order valence-corrected chi connectivity index (χ1v) is 6.08. The number of para-hydroxylation sites is 1. The van der Waals surface area contributed by atoms with Crippen LogP contribution in [0.3, 0.4) is 0 Å². The normalized spacial score (nSPS) is 10.4. The van der Waals surface area contributed by atoms with Crippen molar-refractivity contribution in [3.8, 4) is 0 Å². The summed E-state index contributed by atoms with van der Waals surface area (Å²) < 4.78 is 0. The van der Waals surface area contributed by atoms with Gasteiger partial charge in [0.05, 0.1) is 6.42 Å². The Kier molecular flexibility index (Phi) is 3.84. The number of carboxylic acid groups (broad SMARTS) is 1. The van der Waals surface area contributed by atoms with E-state index >= 15 is 0 Å². The molecule has 0 aliphatic carbocycles. The number of carboxylic acids is 1. The maximum atomic E-state index is 12.1. The first-order valence-electron chi connectivity index (χ1n) is 6.08. The largest absolute Gasteiger partial charge is 0.481 e. The van der Waals surface area contributed by atoms with Crippen LogP contribution < -0.4 is 5.43 Å². The third-order valence-electron chi connectivity index (χ3n) is 2.98. The number of nitrogens with zero attached hydrogens (tertiary/aromatic N) is 1. The van der Waals surface area contributed by atoms with Crippen molar-refractivity contribution in [2.24, 2.45) is 0 Å². The van der Waals surface area contributed by atoms with E-state index in [-0.39, 0.29) is 24.1 Å². The van der Waals surface area contributed by atoms with Gasteiger partial charge in [-0.3, -0.25) is 14.4 Å². The zero-order chi connectivity index (χ0) is 14.7. The fourth-order valence-corrected chi connectivity index (χ4v) is 1.88. The lowest BCUT2D eigenvalue weighted by Crippen LogP contribution is -2.30. The molecule has 6 nitrogen and oxygen atoms in total. The highest BCUT2D eigenvalue weighted by Gasteiger charge is 2.15. The highest BCUT2D eigenvalue weighted by molar-refractivity contribution is 5.94. The van der Waals surface area contributed by atoms with Crippen molar-refractivity contribution in [2.45, 2.75) is 6.42 Å². The molecule has 0 radical (unpaired) electrons. The Morgan fingerprint density at radius 2 is 2.00 bits per heavy atom. The standard InChI is InChI=1S/C14H14N2O4/c1-16(7-6-13(18)19)14(20)11-8-12(17)9-4-2-3-5-10(9)15-11/h2-5,8H,6-7H2,1H3,(H,15,17)(H,18,19). The molecule has 2 rings (SSSR count). The van der Waals surface area contributed by atoms with E-state index in [0.717, 1.165) is 0 Å². The van der Waals surface area contributed by atoms with Crippen LogP contribution in [-0.4, -0.2) is 40.5 Å². The molecular weight excluding hydrogens is 260 g/mol. The number of aliphatic carboxylic acids is 1. The van der Waals surface area contributed by atoms with Crippen molar-refractivity contribution in [3.63, 3.8) is 0 Å². The van der Waals surface area contributed by atoms with E-state index in [1.807, 2.05) is 0 Å². The van der Waals surface area contributed by atoms with Gasteiger partial charge >= 0.3 is 5.97 Å². The number of carbonyl (C=O) groups excluding carboxylic acids is 1. The Labute approximate surface area is 114 Å². The van der Waals surface area contributed by atoms with Crippen LogP contribution in [0.15, 0.2) is 35.1 Å². The fraction of sp³-hybridized carbons (Fsp3) is 0.214. The average Bonchev–Trinajstić information content (AvgIpc) is 2.43. The van der Waals surface area contributed by atoms with Crippen LogP contribution in [0, 0.1) is 0 Å². The minimum Gasteiger partial charge on any atom is -0.481 e. The second kappa shape index (κ2) is 5.56. The highest BCUT2D eigenvalue weighted by atomic mass is 16.4. The molecule has 0 bridgehead atoms. The number of nitrogens with one attached hydrogen (secondary N) is 1. The van der Waals surface area contributed by atoms with Crippen LogP contribution in [0.2, 0.25) is 0 Å². The maximum Gasteiger partial charge on any atom is 0.305 e. The molecule has 0 unspecified atom stereocenters. The average molecular weight is 274 g/mol. The Morgan fingerprint density at radius 1 is 1.30 bits per heavy atom. The molecule has 1 aromatic heterocycles. The van der Waals surface area contributed by atoms with Crippen molar-refractivity contribution in [1.29, 1.82) is 0 Å². The van der Waals surface area contributed by atoms with Crippen LogP contribution >= 0.6 is 0 Å². The Morgan fingerprint density at radius 3 is 2.70 bits per heavy atom. The van der Waals surface area contributed by atoms with Crippen molar-refractivity contribution < 1.29 is 14.7 Å². The molecule has 0 aliphatic heterocycles. The van der Waals surface area contributed by atoms with E-state index < -0.39 is 11.9 Å². The van der Waals surface area contributed by atoms with Crippen LogP contribution in [0.1, 0.15) is 16.9 Å². The third-order valence-corrected chi connectivity index (χ3v) is 2.98. The number of amides is 1. The zero-order valence-electron chi connectivity index (χ0n) is 10.9. The summed E-state index contributed by atoms with van der Waals surface area (Å²) in [6.07, 6.45) is -0.139. The van der Waals surface area contributed by atoms with E-state index in [2.05, 4.69) is 4.98 Å². The first-order chi connectivity index (χ1) is 9.49. The first kappa shape index (κ1) is 13.8. The minimum atomic E-state index is -0.975. The van der Waals surface area contributed by atoms with Gasteiger partial charge in [-0.2, -0.15) is 0 Å². The van der Waals surface area contributed by atoms with Crippen molar-refractivity contribution in [3.05, 3.63) is 46.2 Å². The molecular formula is C14H14N2O4. The van der Waals surface area contributed by atoms with Crippen molar-refractivity contribution >= 4 is 22.8 Å². The number of H-pyrrole nitrogens is 1. The lowest BCUT2D eigenvalue weighted by Gasteiger charge is -2.16. The summed E-state index contributed by atoms with van der Waals surface area (Å²) in [5.74, 6) is -1.38. The number of benzene rings is 1.